The summed E-state index contributed by atoms with van der Waals surface area (Å²) in [5.41, 5.74) is 4.44. The van der Waals surface area contributed by atoms with Gasteiger partial charge in [-0.25, -0.2) is 4.98 Å². The molecule has 2 aromatic heterocycles. The van der Waals surface area contributed by atoms with Crippen molar-refractivity contribution in [2.75, 3.05) is 0 Å². The summed E-state index contributed by atoms with van der Waals surface area (Å²) in [5, 5.41) is 10.6. The first kappa shape index (κ1) is 14.5. The van der Waals surface area contributed by atoms with E-state index in [1.54, 1.807) is 6.20 Å². The Morgan fingerprint density at radius 2 is 2.10 bits per heavy atom. The third-order valence-corrected chi connectivity index (χ3v) is 3.10. The van der Waals surface area contributed by atoms with Crippen LogP contribution in [0.5, 0.6) is 5.88 Å². The number of aryl methyl sites for hydroxylation is 2. The number of H-pyrrole nitrogens is 1. The van der Waals surface area contributed by atoms with E-state index in [4.69, 9.17) is 4.74 Å². The van der Waals surface area contributed by atoms with Crippen LogP contribution in [-0.2, 0) is 13.1 Å². The number of rotatable bonds is 6. The Morgan fingerprint density at radius 1 is 1.30 bits per heavy atom. The molecule has 0 aliphatic carbocycles. The number of hydrogen-bond donors (Lipinski definition) is 2. The van der Waals surface area contributed by atoms with E-state index in [-0.39, 0.29) is 6.10 Å². The minimum Gasteiger partial charge on any atom is -0.475 e. The van der Waals surface area contributed by atoms with Crippen molar-refractivity contribution in [1.82, 2.24) is 20.5 Å². The number of nitrogens with zero attached hydrogens (tertiary/aromatic N) is 2. The SMILES string of the molecule is Cc1n[nH]c(C)c1CNCc1cccnc1OC(C)C. The van der Waals surface area contributed by atoms with E-state index in [2.05, 4.69) is 20.5 Å². The summed E-state index contributed by atoms with van der Waals surface area (Å²) >= 11 is 0. The highest BCUT2D eigenvalue weighted by molar-refractivity contribution is 5.26. The zero-order valence-corrected chi connectivity index (χ0v) is 12.5. The molecule has 0 spiro atoms. The second-order valence-electron chi connectivity index (χ2n) is 5.15. The summed E-state index contributed by atoms with van der Waals surface area (Å²) in [7, 11) is 0. The highest BCUT2D eigenvalue weighted by Crippen LogP contribution is 2.16. The minimum atomic E-state index is 0.127. The number of ether oxygens (including phenoxy) is 1. The maximum absolute atomic E-state index is 5.71. The standard InChI is InChI=1S/C15H22N4O/c1-10(2)20-15-13(6-5-7-17-15)8-16-9-14-11(3)18-19-12(14)4/h5-7,10,16H,8-9H2,1-4H3,(H,18,19). The number of aromatic amines is 1. The molecule has 108 valence electrons. The molecule has 20 heavy (non-hydrogen) atoms. The van der Waals surface area contributed by atoms with Crippen LogP contribution in [0.1, 0.15) is 36.4 Å². The van der Waals surface area contributed by atoms with Gasteiger partial charge in [0.2, 0.25) is 5.88 Å². The van der Waals surface area contributed by atoms with Gasteiger partial charge in [0.25, 0.3) is 0 Å². The number of hydrogen-bond acceptors (Lipinski definition) is 4. The lowest BCUT2D eigenvalue weighted by Crippen LogP contribution is -2.16. The van der Waals surface area contributed by atoms with Gasteiger partial charge in [-0.1, -0.05) is 6.07 Å². The first-order chi connectivity index (χ1) is 9.58. The molecule has 0 saturated carbocycles. The van der Waals surface area contributed by atoms with E-state index >= 15 is 0 Å². The lowest BCUT2D eigenvalue weighted by Gasteiger charge is -2.13. The number of aromatic nitrogens is 3. The first-order valence-corrected chi connectivity index (χ1v) is 6.89. The van der Waals surface area contributed by atoms with Crippen LogP contribution in [-0.4, -0.2) is 21.3 Å². The summed E-state index contributed by atoms with van der Waals surface area (Å²) < 4.78 is 5.71. The van der Waals surface area contributed by atoms with Crippen LogP contribution in [0.25, 0.3) is 0 Å². The van der Waals surface area contributed by atoms with Crippen molar-refractivity contribution in [2.24, 2.45) is 0 Å². The van der Waals surface area contributed by atoms with Crippen molar-refractivity contribution in [3.8, 4) is 5.88 Å². The van der Waals surface area contributed by atoms with E-state index in [0.29, 0.717) is 5.88 Å². The highest BCUT2D eigenvalue weighted by atomic mass is 16.5. The largest absolute Gasteiger partial charge is 0.475 e. The average Bonchev–Trinajstić information content (AvgIpc) is 2.71. The first-order valence-electron chi connectivity index (χ1n) is 6.89. The van der Waals surface area contributed by atoms with Gasteiger partial charge in [-0.3, -0.25) is 5.10 Å². The maximum atomic E-state index is 5.71. The smallest absolute Gasteiger partial charge is 0.218 e. The van der Waals surface area contributed by atoms with Crippen LogP contribution in [0, 0.1) is 13.8 Å². The predicted octanol–water partition coefficient (Wildman–Crippen LogP) is 2.50. The molecule has 0 aliphatic heterocycles. The Morgan fingerprint density at radius 3 is 2.75 bits per heavy atom. The summed E-state index contributed by atoms with van der Waals surface area (Å²) in [6.45, 7) is 9.56. The lowest BCUT2D eigenvalue weighted by molar-refractivity contribution is 0.229. The molecule has 0 unspecified atom stereocenters. The van der Waals surface area contributed by atoms with Gasteiger partial charge in [-0.2, -0.15) is 5.10 Å². The molecular weight excluding hydrogens is 252 g/mol. The van der Waals surface area contributed by atoms with Gasteiger partial charge in [-0.15, -0.1) is 0 Å². The monoisotopic (exact) mass is 274 g/mol. The number of nitrogens with one attached hydrogen (secondary N) is 2. The van der Waals surface area contributed by atoms with E-state index < -0.39 is 0 Å². The van der Waals surface area contributed by atoms with Crippen molar-refractivity contribution in [3.05, 3.63) is 40.8 Å². The fraction of sp³-hybridized carbons (Fsp3) is 0.467. The Kier molecular flexibility index (Phi) is 4.74. The molecule has 0 saturated heterocycles. The second kappa shape index (κ2) is 6.52. The molecule has 2 rings (SSSR count). The Balaban J connectivity index is 1.97. The third-order valence-electron chi connectivity index (χ3n) is 3.10. The molecule has 0 atom stereocenters. The zero-order chi connectivity index (χ0) is 14.5. The van der Waals surface area contributed by atoms with Crippen molar-refractivity contribution in [2.45, 2.75) is 46.9 Å². The molecule has 0 radical (unpaired) electrons. The molecule has 0 aromatic carbocycles. The van der Waals surface area contributed by atoms with Gasteiger partial charge in [0.05, 0.1) is 11.8 Å². The fourth-order valence-electron chi connectivity index (χ4n) is 2.04. The highest BCUT2D eigenvalue weighted by Gasteiger charge is 2.08. The van der Waals surface area contributed by atoms with Gasteiger partial charge < -0.3 is 10.1 Å². The predicted molar refractivity (Wildman–Crippen MR) is 78.6 cm³/mol. The maximum Gasteiger partial charge on any atom is 0.218 e. The second-order valence-corrected chi connectivity index (χ2v) is 5.15. The Bertz CT molecular complexity index is 543. The van der Waals surface area contributed by atoms with Gasteiger partial charge in [0.1, 0.15) is 0 Å². The fourth-order valence-corrected chi connectivity index (χ4v) is 2.04. The van der Waals surface area contributed by atoms with Gasteiger partial charge in [0, 0.05) is 36.1 Å². The average molecular weight is 274 g/mol. The van der Waals surface area contributed by atoms with Crippen LogP contribution in [0.2, 0.25) is 0 Å². The lowest BCUT2D eigenvalue weighted by atomic mass is 10.2. The van der Waals surface area contributed by atoms with Crippen molar-refractivity contribution in [1.29, 1.82) is 0 Å². The molecule has 5 heteroatoms. The Labute approximate surface area is 119 Å². The molecule has 2 heterocycles. The van der Waals surface area contributed by atoms with Gasteiger partial charge >= 0.3 is 0 Å². The summed E-state index contributed by atoms with van der Waals surface area (Å²) in [4.78, 5) is 4.29. The summed E-state index contributed by atoms with van der Waals surface area (Å²) in [6.07, 6.45) is 1.88. The molecule has 0 aliphatic rings. The van der Waals surface area contributed by atoms with Crippen LogP contribution >= 0.6 is 0 Å². The Hall–Kier alpha value is -1.88. The van der Waals surface area contributed by atoms with Gasteiger partial charge in [-0.05, 0) is 33.8 Å². The zero-order valence-electron chi connectivity index (χ0n) is 12.5. The van der Waals surface area contributed by atoms with Crippen LogP contribution in [0.15, 0.2) is 18.3 Å². The van der Waals surface area contributed by atoms with E-state index in [1.807, 2.05) is 39.8 Å². The molecule has 0 bridgehead atoms. The van der Waals surface area contributed by atoms with Crippen LogP contribution in [0.3, 0.4) is 0 Å². The molecule has 2 N–H and O–H groups in total. The normalized spacial score (nSPS) is 11.1. The van der Waals surface area contributed by atoms with E-state index in [1.165, 1.54) is 5.56 Å². The molecule has 0 amide bonds. The van der Waals surface area contributed by atoms with Crippen molar-refractivity contribution < 1.29 is 4.74 Å². The quantitative estimate of drug-likeness (QED) is 0.849. The third kappa shape index (κ3) is 3.57. The van der Waals surface area contributed by atoms with Crippen molar-refractivity contribution in [3.63, 3.8) is 0 Å². The molecule has 2 aromatic rings. The summed E-state index contributed by atoms with van der Waals surface area (Å²) in [6, 6.07) is 3.96. The minimum absolute atomic E-state index is 0.127. The van der Waals surface area contributed by atoms with Crippen LogP contribution < -0.4 is 10.1 Å². The number of pyridine rings is 1. The topological polar surface area (TPSA) is 62.8 Å². The van der Waals surface area contributed by atoms with Crippen molar-refractivity contribution >= 4 is 0 Å². The van der Waals surface area contributed by atoms with E-state index in [9.17, 15) is 0 Å². The van der Waals surface area contributed by atoms with Crippen LogP contribution in [0.4, 0.5) is 0 Å². The van der Waals surface area contributed by atoms with Gasteiger partial charge in [0.15, 0.2) is 0 Å². The molecule has 5 nitrogen and oxygen atoms in total. The summed E-state index contributed by atoms with van der Waals surface area (Å²) in [5.74, 6) is 0.704. The van der Waals surface area contributed by atoms with E-state index in [0.717, 1.165) is 30.0 Å². The molecule has 0 fully saturated rings. The molecular formula is C15H22N4O.